The molecule has 1 saturated heterocycles. The third-order valence-corrected chi connectivity index (χ3v) is 2.67. The van der Waals surface area contributed by atoms with E-state index in [9.17, 15) is 4.79 Å². The van der Waals surface area contributed by atoms with E-state index in [4.69, 9.17) is 4.74 Å². The number of hydrogen-bond donors (Lipinski definition) is 0. The van der Waals surface area contributed by atoms with E-state index in [2.05, 4.69) is 12.3 Å². The minimum absolute atomic E-state index is 0.0667. The van der Waals surface area contributed by atoms with Gasteiger partial charge in [-0.1, -0.05) is 36.9 Å². The van der Waals surface area contributed by atoms with Crippen LogP contribution in [0.1, 0.15) is 18.5 Å². The number of rotatable bonds is 2. The number of carbonyl (C=O) groups is 1. The SMILES string of the molecule is C=C=C(C)N1C(=O)OC[C@H]1c1ccccc1. The van der Waals surface area contributed by atoms with Gasteiger partial charge < -0.3 is 4.74 Å². The maximum atomic E-state index is 11.6. The van der Waals surface area contributed by atoms with Gasteiger partial charge in [-0.2, -0.15) is 0 Å². The van der Waals surface area contributed by atoms with Gasteiger partial charge in [-0.25, -0.2) is 4.79 Å². The molecule has 3 heteroatoms. The van der Waals surface area contributed by atoms with Crippen molar-refractivity contribution in [1.82, 2.24) is 4.90 Å². The lowest BCUT2D eigenvalue weighted by Gasteiger charge is -2.20. The first kappa shape index (κ1) is 10.5. The Kier molecular flexibility index (Phi) is 2.80. The molecule has 0 aromatic heterocycles. The second-order valence-electron chi connectivity index (χ2n) is 3.64. The number of carbonyl (C=O) groups excluding carboxylic acids is 1. The summed E-state index contributed by atoms with van der Waals surface area (Å²) in [5.74, 6) is 0. The number of ether oxygens (including phenoxy) is 1. The lowest BCUT2D eigenvalue weighted by molar-refractivity contribution is 0.164. The Morgan fingerprint density at radius 2 is 2.19 bits per heavy atom. The maximum absolute atomic E-state index is 11.6. The first-order valence-corrected chi connectivity index (χ1v) is 5.11. The van der Waals surface area contributed by atoms with Gasteiger partial charge in [0, 0.05) is 0 Å². The summed E-state index contributed by atoms with van der Waals surface area (Å²) in [7, 11) is 0. The highest BCUT2D eigenvalue weighted by molar-refractivity contribution is 5.72. The predicted molar refractivity (Wildman–Crippen MR) is 60.7 cm³/mol. The van der Waals surface area contributed by atoms with E-state index in [0.717, 1.165) is 5.56 Å². The summed E-state index contributed by atoms with van der Waals surface area (Å²) in [5, 5.41) is 0. The van der Waals surface area contributed by atoms with Crippen LogP contribution in [0.3, 0.4) is 0 Å². The first-order chi connectivity index (χ1) is 7.74. The van der Waals surface area contributed by atoms with Crippen molar-refractivity contribution in [3.05, 3.63) is 53.9 Å². The molecule has 16 heavy (non-hydrogen) atoms. The molecule has 2 rings (SSSR count). The Balaban J connectivity index is 2.35. The number of hydrogen-bond acceptors (Lipinski definition) is 2. The third kappa shape index (κ3) is 1.73. The van der Waals surface area contributed by atoms with Gasteiger partial charge in [-0.05, 0) is 12.5 Å². The molecule has 0 unspecified atom stereocenters. The van der Waals surface area contributed by atoms with Crippen molar-refractivity contribution in [2.45, 2.75) is 13.0 Å². The molecule has 1 fully saturated rings. The highest BCUT2D eigenvalue weighted by atomic mass is 16.6. The molecule has 1 aliphatic rings. The van der Waals surface area contributed by atoms with E-state index >= 15 is 0 Å². The molecular weight excluding hydrogens is 202 g/mol. The lowest BCUT2D eigenvalue weighted by atomic mass is 10.1. The molecule has 3 nitrogen and oxygen atoms in total. The number of allylic oxidation sites excluding steroid dienone is 1. The van der Waals surface area contributed by atoms with Crippen LogP contribution in [0.2, 0.25) is 0 Å². The van der Waals surface area contributed by atoms with Crippen molar-refractivity contribution in [3.63, 3.8) is 0 Å². The van der Waals surface area contributed by atoms with Crippen molar-refractivity contribution >= 4 is 6.09 Å². The van der Waals surface area contributed by atoms with Crippen molar-refractivity contribution in [2.24, 2.45) is 0 Å². The molecule has 1 atom stereocenters. The van der Waals surface area contributed by atoms with Gasteiger partial charge >= 0.3 is 6.09 Å². The molecule has 0 aliphatic carbocycles. The fourth-order valence-electron chi connectivity index (χ4n) is 1.80. The molecule has 82 valence electrons. The standard InChI is InChI=1S/C13H13NO2/c1-3-10(2)14-12(9-16-13(14)15)11-7-5-4-6-8-11/h4-8,12H,1,9H2,2H3/t12-/m0/s1. The van der Waals surface area contributed by atoms with Crippen molar-refractivity contribution < 1.29 is 9.53 Å². The summed E-state index contributed by atoms with van der Waals surface area (Å²) in [6.45, 7) is 5.73. The largest absolute Gasteiger partial charge is 0.447 e. The second-order valence-corrected chi connectivity index (χ2v) is 3.64. The van der Waals surface area contributed by atoms with Crippen LogP contribution >= 0.6 is 0 Å². The van der Waals surface area contributed by atoms with E-state index in [1.54, 1.807) is 11.8 Å². The molecule has 0 radical (unpaired) electrons. The van der Waals surface area contributed by atoms with Gasteiger partial charge in [0.15, 0.2) is 0 Å². The second kappa shape index (κ2) is 4.25. The fourth-order valence-corrected chi connectivity index (χ4v) is 1.80. The van der Waals surface area contributed by atoms with E-state index in [0.29, 0.717) is 12.3 Å². The smallest absolute Gasteiger partial charge is 0.415 e. The van der Waals surface area contributed by atoms with E-state index in [-0.39, 0.29) is 12.1 Å². The summed E-state index contributed by atoms with van der Waals surface area (Å²) in [5.41, 5.74) is 4.48. The highest BCUT2D eigenvalue weighted by Crippen LogP contribution is 2.30. The first-order valence-electron chi connectivity index (χ1n) is 5.11. The maximum Gasteiger partial charge on any atom is 0.415 e. The number of amides is 1. The van der Waals surface area contributed by atoms with Gasteiger partial charge in [-0.3, -0.25) is 4.90 Å². The van der Waals surface area contributed by atoms with Crippen LogP contribution in [0.5, 0.6) is 0 Å². The average Bonchev–Trinajstić information content (AvgIpc) is 2.71. The number of benzene rings is 1. The number of nitrogens with zero attached hydrogens (tertiary/aromatic N) is 1. The zero-order valence-corrected chi connectivity index (χ0v) is 9.14. The summed E-state index contributed by atoms with van der Waals surface area (Å²) in [6, 6.07) is 9.74. The monoisotopic (exact) mass is 215 g/mol. The van der Waals surface area contributed by atoms with Crippen LogP contribution < -0.4 is 0 Å². The molecule has 0 bridgehead atoms. The molecule has 0 saturated carbocycles. The quantitative estimate of drug-likeness (QED) is 0.710. The molecule has 0 N–H and O–H groups in total. The van der Waals surface area contributed by atoms with Crippen LogP contribution in [-0.2, 0) is 4.74 Å². The van der Waals surface area contributed by atoms with E-state index < -0.39 is 0 Å². The molecular formula is C13H13NO2. The molecule has 0 spiro atoms. The summed E-state index contributed by atoms with van der Waals surface area (Å²) < 4.78 is 5.05. The van der Waals surface area contributed by atoms with Gasteiger partial charge in [-0.15, -0.1) is 5.73 Å². The van der Waals surface area contributed by atoms with Crippen LogP contribution in [-0.4, -0.2) is 17.6 Å². The van der Waals surface area contributed by atoms with E-state index in [1.807, 2.05) is 30.3 Å². The van der Waals surface area contributed by atoms with Crippen LogP contribution in [0.4, 0.5) is 4.79 Å². The zero-order chi connectivity index (χ0) is 11.5. The number of cyclic esters (lactones) is 1. The third-order valence-electron chi connectivity index (χ3n) is 2.67. The Morgan fingerprint density at radius 1 is 1.50 bits per heavy atom. The van der Waals surface area contributed by atoms with Crippen LogP contribution in [0.25, 0.3) is 0 Å². The Morgan fingerprint density at radius 3 is 2.81 bits per heavy atom. The highest BCUT2D eigenvalue weighted by Gasteiger charge is 2.34. The fraction of sp³-hybridized carbons (Fsp3) is 0.231. The van der Waals surface area contributed by atoms with Crippen LogP contribution in [0, 0.1) is 0 Å². The zero-order valence-electron chi connectivity index (χ0n) is 9.14. The molecule has 1 heterocycles. The predicted octanol–water partition coefficient (Wildman–Crippen LogP) is 2.87. The van der Waals surface area contributed by atoms with Gasteiger partial charge in [0.2, 0.25) is 0 Å². The minimum Gasteiger partial charge on any atom is -0.447 e. The summed E-state index contributed by atoms with van der Waals surface area (Å²) >= 11 is 0. The minimum atomic E-state index is -0.331. The lowest BCUT2D eigenvalue weighted by Crippen LogP contribution is -2.25. The van der Waals surface area contributed by atoms with Crippen molar-refractivity contribution in [2.75, 3.05) is 6.61 Å². The molecule has 1 aromatic rings. The van der Waals surface area contributed by atoms with Gasteiger partial charge in [0.1, 0.15) is 6.61 Å². The summed E-state index contributed by atoms with van der Waals surface area (Å²) in [6.07, 6.45) is -0.331. The van der Waals surface area contributed by atoms with E-state index in [1.165, 1.54) is 0 Å². The Bertz CT molecular complexity index is 446. The molecule has 1 amide bonds. The van der Waals surface area contributed by atoms with Gasteiger partial charge in [0.05, 0.1) is 11.7 Å². The van der Waals surface area contributed by atoms with Crippen molar-refractivity contribution in [3.8, 4) is 0 Å². The van der Waals surface area contributed by atoms with Gasteiger partial charge in [0.25, 0.3) is 0 Å². The molecule has 1 aromatic carbocycles. The average molecular weight is 215 g/mol. The van der Waals surface area contributed by atoms with Crippen molar-refractivity contribution in [1.29, 1.82) is 0 Å². The normalized spacial score (nSPS) is 19.2. The topological polar surface area (TPSA) is 29.5 Å². The summed E-state index contributed by atoms with van der Waals surface area (Å²) in [4.78, 5) is 13.2. The Hall–Kier alpha value is -1.99. The Labute approximate surface area is 94.6 Å². The van der Waals surface area contributed by atoms with Crippen LogP contribution in [0.15, 0.2) is 48.3 Å². The molecule has 1 aliphatic heterocycles.